The van der Waals surface area contributed by atoms with Crippen LogP contribution < -0.4 is 5.32 Å². The summed E-state index contributed by atoms with van der Waals surface area (Å²) in [5.74, 6) is -0.880. The van der Waals surface area contributed by atoms with Crippen LogP contribution in [-0.2, 0) is 4.74 Å². The Morgan fingerprint density at radius 2 is 1.83 bits per heavy atom. The number of aromatic hydroxyl groups is 1. The van der Waals surface area contributed by atoms with Crippen LogP contribution in [0.1, 0.15) is 62.6 Å². The number of non-ortho nitro benzene ring substituents is 1. The van der Waals surface area contributed by atoms with Gasteiger partial charge in [-0.05, 0) is 31.0 Å². The predicted octanol–water partition coefficient (Wildman–Crippen LogP) is 6.76. The molecule has 2 aromatic rings. The SMILES string of the molecule is CC.CC.O=C(Nc1ccc([N+](=O)[O-])cc1Cl)c1cc(Cl)c(C2CCCO2)cc1O. The van der Waals surface area contributed by atoms with Gasteiger partial charge in [0.1, 0.15) is 5.75 Å². The Morgan fingerprint density at radius 3 is 2.37 bits per heavy atom. The zero-order valence-electron chi connectivity index (χ0n) is 17.4. The molecule has 2 N–H and O–H groups in total. The van der Waals surface area contributed by atoms with E-state index in [0.717, 1.165) is 18.9 Å². The van der Waals surface area contributed by atoms with Crippen molar-refractivity contribution in [3.8, 4) is 5.75 Å². The standard InChI is InChI=1S/C17H14Cl2N2O5.2C2H6/c18-12-7-11(15(22)8-10(12)16-2-1-5-26-16)17(23)20-14-4-3-9(21(24)25)6-13(14)19;2*1-2/h3-4,6-8,16,22H,1-2,5H2,(H,20,23);2*1-2H3. The molecule has 2 aromatic carbocycles. The number of anilines is 1. The van der Waals surface area contributed by atoms with Crippen LogP contribution in [0, 0.1) is 10.1 Å². The number of nitrogens with zero attached hydrogens (tertiary/aromatic N) is 1. The Bertz CT molecular complexity index is 884. The van der Waals surface area contributed by atoms with Crippen molar-refractivity contribution in [1.29, 1.82) is 0 Å². The quantitative estimate of drug-likeness (QED) is 0.390. The molecule has 164 valence electrons. The lowest BCUT2D eigenvalue weighted by Gasteiger charge is -2.15. The van der Waals surface area contributed by atoms with E-state index in [0.29, 0.717) is 17.2 Å². The summed E-state index contributed by atoms with van der Waals surface area (Å²) >= 11 is 12.2. The topological polar surface area (TPSA) is 102 Å². The van der Waals surface area contributed by atoms with E-state index in [9.17, 15) is 20.0 Å². The molecule has 0 aliphatic carbocycles. The average Bonchev–Trinajstić information content (AvgIpc) is 3.28. The summed E-state index contributed by atoms with van der Waals surface area (Å²) in [4.78, 5) is 22.6. The fourth-order valence-corrected chi connectivity index (χ4v) is 3.25. The van der Waals surface area contributed by atoms with Crippen LogP contribution in [0.5, 0.6) is 5.75 Å². The lowest BCUT2D eigenvalue weighted by atomic mass is 10.0. The summed E-state index contributed by atoms with van der Waals surface area (Å²) < 4.78 is 5.55. The van der Waals surface area contributed by atoms with Gasteiger partial charge < -0.3 is 15.2 Å². The number of hydrogen-bond acceptors (Lipinski definition) is 5. The molecule has 0 aromatic heterocycles. The van der Waals surface area contributed by atoms with Crippen LogP contribution in [0.15, 0.2) is 30.3 Å². The van der Waals surface area contributed by atoms with Gasteiger partial charge in [-0.15, -0.1) is 0 Å². The number of phenolic OH excluding ortho intramolecular Hbond substituents is 1. The van der Waals surface area contributed by atoms with Crippen molar-refractivity contribution >= 4 is 40.5 Å². The van der Waals surface area contributed by atoms with Crippen molar-refractivity contribution in [2.75, 3.05) is 11.9 Å². The summed E-state index contributed by atoms with van der Waals surface area (Å²) in [6.45, 7) is 8.63. The van der Waals surface area contributed by atoms with Gasteiger partial charge in [-0.3, -0.25) is 14.9 Å². The number of nitrogens with one attached hydrogen (secondary N) is 1. The first-order valence-corrected chi connectivity index (χ1v) is 10.5. The van der Waals surface area contributed by atoms with Crippen molar-refractivity contribution in [3.63, 3.8) is 0 Å². The number of carbonyl (C=O) groups is 1. The summed E-state index contributed by atoms with van der Waals surface area (Å²) in [6, 6.07) is 6.45. The monoisotopic (exact) mass is 456 g/mol. The van der Waals surface area contributed by atoms with Crippen LogP contribution in [0.2, 0.25) is 10.0 Å². The van der Waals surface area contributed by atoms with Crippen molar-refractivity contribution in [1.82, 2.24) is 0 Å². The molecule has 3 rings (SSSR count). The van der Waals surface area contributed by atoms with Crippen LogP contribution in [0.4, 0.5) is 11.4 Å². The van der Waals surface area contributed by atoms with Gasteiger partial charge in [-0.2, -0.15) is 0 Å². The molecule has 1 amide bonds. The van der Waals surface area contributed by atoms with Gasteiger partial charge >= 0.3 is 0 Å². The van der Waals surface area contributed by atoms with Gasteiger partial charge in [-0.1, -0.05) is 50.9 Å². The van der Waals surface area contributed by atoms with E-state index in [4.69, 9.17) is 27.9 Å². The molecular weight excluding hydrogens is 431 g/mol. The van der Waals surface area contributed by atoms with E-state index in [1.165, 1.54) is 24.3 Å². The number of halogens is 2. The van der Waals surface area contributed by atoms with Gasteiger partial charge in [0.2, 0.25) is 0 Å². The van der Waals surface area contributed by atoms with E-state index in [-0.39, 0.29) is 33.8 Å². The van der Waals surface area contributed by atoms with Crippen molar-refractivity contribution < 1.29 is 19.6 Å². The smallest absolute Gasteiger partial charge is 0.271 e. The molecular formula is C21H26Cl2N2O5. The highest BCUT2D eigenvalue weighted by atomic mass is 35.5. The Hall–Kier alpha value is -2.35. The minimum Gasteiger partial charge on any atom is -0.507 e. The third-order valence-corrected chi connectivity index (χ3v) is 4.69. The third kappa shape index (κ3) is 6.32. The number of amides is 1. The van der Waals surface area contributed by atoms with Crippen LogP contribution >= 0.6 is 23.2 Å². The highest BCUT2D eigenvalue weighted by molar-refractivity contribution is 6.34. The highest BCUT2D eigenvalue weighted by Gasteiger charge is 2.24. The molecule has 9 heteroatoms. The van der Waals surface area contributed by atoms with Gasteiger partial charge in [0.15, 0.2) is 0 Å². The summed E-state index contributed by atoms with van der Waals surface area (Å²) in [7, 11) is 0. The number of phenols is 1. The molecule has 30 heavy (non-hydrogen) atoms. The molecule has 0 saturated carbocycles. The first kappa shape index (κ1) is 25.7. The highest BCUT2D eigenvalue weighted by Crippen LogP contribution is 2.37. The molecule has 7 nitrogen and oxygen atoms in total. The normalized spacial score (nSPS) is 14.7. The first-order valence-electron chi connectivity index (χ1n) is 9.76. The maximum absolute atomic E-state index is 12.4. The summed E-state index contributed by atoms with van der Waals surface area (Å²) in [6.07, 6.45) is 1.50. The molecule has 1 saturated heterocycles. The maximum Gasteiger partial charge on any atom is 0.271 e. The number of nitro groups is 1. The number of rotatable bonds is 4. The summed E-state index contributed by atoms with van der Waals surface area (Å²) in [5.41, 5.74) is 0.582. The molecule has 1 fully saturated rings. The number of ether oxygens (including phenoxy) is 1. The number of carbonyl (C=O) groups excluding carboxylic acids is 1. The van der Waals surface area contributed by atoms with Gasteiger partial charge in [0, 0.05) is 29.3 Å². The largest absolute Gasteiger partial charge is 0.507 e. The maximum atomic E-state index is 12.4. The fourth-order valence-electron chi connectivity index (χ4n) is 2.74. The first-order chi connectivity index (χ1) is 14.4. The molecule has 1 aliphatic rings. The van der Waals surface area contributed by atoms with Gasteiger partial charge in [0.05, 0.1) is 27.3 Å². The molecule has 0 bridgehead atoms. The minimum absolute atomic E-state index is 0.00844. The van der Waals surface area contributed by atoms with E-state index in [1.807, 2.05) is 27.7 Å². The van der Waals surface area contributed by atoms with Crippen LogP contribution in [0.3, 0.4) is 0 Å². The fraction of sp³-hybridized carbons (Fsp3) is 0.381. The summed E-state index contributed by atoms with van der Waals surface area (Å²) in [5, 5.41) is 23.8. The van der Waals surface area contributed by atoms with Crippen molar-refractivity contribution in [3.05, 3.63) is 61.6 Å². The Balaban J connectivity index is 0.00000106. The Morgan fingerprint density at radius 1 is 1.17 bits per heavy atom. The molecule has 0 spiro atoms. The average molecular weight is 457 g/mol. The molecule has 0 radical (unpaired) electrons. The van der Waals surface area contributed by atoms with Crippen LogP contribution in [-0.4, -0.2) is 22.5 Å². The molecule has 1 atom stereocenters. The lowest BCUT2D eigenvalue weighted by Crippen LogP contribution is -2.13. The van der Waals surface area contributed by atoms with E-state index < -0.39 is 10.8 Å². The minimum atomic E-state index is -0.640. The molecule has 1 heterocycles. The zero-order chi connectivity index (χ0) is 22.8. The molecule has 1 unspecified atom stereocenters. The van der Waals surface area contributed by atoms with E-state index >= 15 is 0 Å². The van der Waals surface area contributed by atoms with Gasteiger partial charge in [-0.25, -0.2) is 0 Å². The second-order valence-corrected chi connectivity index (χ2v) is 6.58. The Kier molecular flexibility index (Phi) is 10.6. The number of nitro benzene ring substituents is 1. The second kappa shape index (κ2) is 12.4. The second-order valence-electron chi connectivity index (χ2n) is 5.77. The van der Waals surface area contributed by atoms with E-state index in [1.54, 1.807) is 0 Å². The Labute approximate surface area is 186 Å². The third-order valence-electron chi connectivity index (χ3n) is 4.05. The molecule has 1 aliphatic heterocycles. The zero-order valence-corrected chi connectivity index (χ0v) is 18.9. The van der Waals surface area contributed by atoms with Gasteiger partial charge in [0.25, 0.3) is 11.6 Å². The number of benzene rings is 2. The van der Waals surface area contributed by atoms with Crippen molar-refractivity contribution in [2.24, 2.45) is 0 Å². The van der Waals surface area contributed by atoms with E-state index in [2.05, 4.69) is 5.32 Å². The lowest BCUT2D eigenvalue weighted by molar-refractivity contribution is -0.384. The van der Waals surface area contributed by atoms with Crippen molar-refractivity contribution in [2.45, 2.75) is 46.6 Å². The van der Waals surface area contributed by atoms with Crippen LogP contribution in [0.25, 0.3) is 0 Å². The predicted molar refractivity (Wildman–Crippen MR) is 120 cm³/mol. The number of hydrogen-bond donors (Lipinski definition) is 2.